The molecule has 1 aromatic carbocycles. The Hall–Kier alpha value is -2.86. The number of likely N-dealkylation sites (tertiary alicyclic amines) is 1. The number of aromatic amines is 1. The van der Waals surface area contributed by atoms with E-state index in [0.717, 1.165) is 39.0 Å². The Kier molecular flexibility index (Phi) is 5.77. The molecular formula is C24H30N4O2. The van der Waals surface area contributed by atoms with Gasteiger partial charge in [0, 0.05) is 45.0 Å². The molecule has 6 nitrogen and oxygen atoms in total. The van der Waals surface area contributed by atoms with Crippen LogP contribution in [0.5, 0.6) is 0 Å². The lowest BCUT2D eigenvalue weighted by molar-refractivity contribution is 0.0738. The predicted molar refractivity (Wildman–Crippen MR) is 120 cm³/mol. The maximum absolute atomic E-state index is 13.1. The fourth-order valence-corrected chi connectivity index (χ4v) is 4.51. The molecule has 0 radical (unpaired) electrons. The summed E-state index contributed by atoms with van der Waals surface area (Å²) in [4.78, 5) is 32.6. The number of nitrogens with one attached hydrogen (secondary N) is 1. The molecule has 2 aromatic heterocycles. The van der Waals surface area contributed by atoms with Gasteiger partial charge in [-0.15, -0.1) is 0 Å². The van der Waals surface area contributed by atoms with Crippen molar-refractivity contribution in [2.24, 2.45) is 13.0 Å². The molecule has 6 heteroatoms. The van der Waals surface area contributed by atoms with Crippen molar-refractivity contribution in [1.29, 1.82) is 0 Å². The van der Waals surface area contributed by atoms with E-state index in [1.165, 1.54) is 15.7 Å². The molecular weight excluding hydrogens is 376 g/mol. The van der Waals surface area contributed by atoms with Crippen LogP contribution in [0.1, 0.15) is 34.3 Å². The van der Waals surface area contributed by atoms with E-state index in [1.54, 1.807) is 19.4 Å². The van der Waals surface area contributed by atoms with Crippen molar-refractivity contribution >= 4 is 16.8 Å². The number of H-pyrrole nitrogens is 1. The van der Waals surface area contributed by atoms with Crippen molar-refractivity contribution in [3.63, 3.8) is 0 Å². The second kappa shape index (κ2) is 8.48. The van der Waals surface area contributed by atoms with E-state index in [0.29, 0.717) is 22.4 Å². The fourth-order valence-electron chi connectivity index (χ4n) is 4.51. The van der Waals surface area contributed by atoms with Crippen molar-refractivity contribution in [3.05, 3.63) is 69.8 Å². The highest BCUT2D eigenvalue weighted by molar-refractivity contribution is 6.05. The number of pyridine rings is 1. The number of fused-ring (bicyclic) bond motifs is 1. The average molecular weight is 407 g/mol. The normalized spacial score (nSPS) is 15.6. The molecule has 1 N–H and O–H groups in total. The van der Waals surface area contributed by atoms with E-state index in [4.69, 9.17) is 0 Å². The maximum Gasteiger partial charge on any atom is 0.274 e. The van der Waals surface area contributed by atoms with Crippen LogP contribution < -0.4 is 5.56 Å². The first kappa shape index (κ1) is 20.4. The van der Waals surface area contributed by atoms with Crippen LogP contribution >= 0.6 is 0 Å². The molecule has 0 atom stereocenters. The maximum atomic E-state index is 13.1. The monoisotopic (exact) mass is 406 g/mol. The molecule has 0 aliphatic carbocycles. The van der Waals surface area contributed by atoms with Gasteiger partial charge in [-0.1, -0.05) is 29.8 Å². The summed E-state index contributed by atoms with van der Waals surface area (Å²) in [6.45, 7) is 5.98. The quantitative estimate of drug-likeness (QED) is 0.708. The van der Waals surface area contributed by atoms with Crippen LogP contribution in [-0.4, -0.2) is 51.9 Å². The number of aryl methyl sites for hydroxylation is 2. The number of benzene rings is 1. The van der Waals surface area contributed by atoms with Crippen molar-refractivity contribution in [2.75, 3.05) is 26.7 Å². The number of rotatable bonds is 5. The lowest BCUT2D eigenvalue weighted by Gasteiger charge is -2.34. The van der Waals surface area contributed by atoms with E-state index in [2.05, 4.69) is 41.1 Å². The lowest BCUT2D eigenvalue weighted by atomic mass is 9.95. The molecule has 0 saturated carbocycles. The Morgan fingerprint density at radius 3 is 2.73 bits per heavy atom. The van der Waals surface area contributed by atoms with Crippen LogP contribution in [0, 0.1) is 12.8 Å². The van der Waals surface area contributed by atoms with Gasteiger partial charge >= 0.3 is 0 Å². The number of hydrogen-bond acceptors (Lipinski definition) is 3. The number of nitrogens with zero attached hydrogens (tertiary/aromatic N) is 3. The van der Waals surface area contributed by atoms with E-state index in [9.17, 15) is 9.59 Å². The summed E-state index contributed by atoms with van der Waals surface area (Å²) in [6.07, 6.45) is 5.56. The summed E-state index contributed by atoms with van der Waals surface area (Å²) < 4.78 is 1.48. The van der Waals surface area contributed by atoms with Crippen LogP contribution in [0.4, 0.5) is 0 Å². The molecule has 1 saturated heterocycles. The van der Waals surface area contributed by atoms with Gasteiger partial charge in [-0.25, -0.2) is 0 Å². The fraction of sp³-hybridized carbons (Fsp3) is 0.417. The van der Waals surface area contributed by atoms with Gasteiger partial charge in [0.2, 0.25) is 0 Å². The largest absolute Gasteiger partial charge is 0.357 e. The minimum atomic E-state index is -0.116. The minimum absolute atomic E-state index is 0.0302. The Morgan fingerprint density at radius 1 is 1.23 bits per heavy atom. The summed E-state index contributed by atoms with van der Waals surface area (Å²) >= 11 is 0. The van der Waals surface area contributed by atoms with Crippen molar-refractivity contribution < 1.29 is 4.79 Å². The standard InChI is InChI=1S/C24H30N4O2/c1-17-5-4-6-19(13-17)15-28-11-8-18(9-12-28)14-26(2)23(29)21-16-27(3)24(30)22-20(21)7-10-25-22/h4-7,10,13,16,18,25H,8-9,11-12,14-15H2,1-3H3. The number of amides is 1. The second-order valence-electron chi connectivity index (χ2n) is 8.62. The highest BCUT2D eigenvalue weighted by Gasteiger charge is 2.24. The number of carbonyl (C=O) groups excluding carboxylic acids is 1. The van der Waals surface area contributed by atoms with Gasteiger partial charge in [0.1, 0.15) is 5.52 Å². The number of aromatic nitrogens is 2. The predicted octanol–water partition coefficient (Wildman–Crippen LogP) is 3.16. The van der Waals surface area contributed by atoms with Gasteiger partial charge in [-0.05, 0) is 50.4 Å². The molecule has 1 amide bonds. The van der Waals surface area contributed by atoms with Gasteiger partial charge in [-0.3, -0.25) is 14.5 Å². The van der Waals surface area contributed by atoms with E-state index in [-0.39, 0.29) is 11.5 Å². The van der Waals surface area contributed by atoms with Crippen LogP contribution in [0.25, 0.3) is 10.9 Å². The van der Waals surface area contributed by atoms with Gasteiger partial charge in [0.05, 0.1) is 5.56 Å². The molecule has 0 bridgehead atoms. The first-order chi connectivity index (χ1) is 14.4. The minimum Gasteiger partial charge on any atom is -0.357 e. The molecule has 0 spiro atoms. The smallest absolute Gasteiger partial charge is 0.274 e. The van der Waals surface area contributed by atoms with Gasteiger partial charge in [-0.2, -0.15) is 0 Å². The Balaban J connectivity index is 1.37. The number of hydrogen-bond donors (Lipinski definition) is 1. The Bertz CT molecular complexity index is 1110. The first-order valence-electron chi connectivity index (χ1n) is 10.6. The Labute approximate surface area is 177 Å². The third-order valence-electron chi connectivity index (χ3n) is 6.20. The lowest BCUT2D eigenvalue weighted by Crippen LogP contribution is -2.39. The Morgan fingerprint density at radius 2 is 2.00 bits per heavy atom. The summed E-state index contributed by atoms with van der Waals surface area (Å²) in [5, 5.41) is 0.697. The van der Waals surface area contributed by atoms with Gasteiger partial charge < -0.3 is 14.5 Å². The topological polar surface area (TPSA) is 61.3 Å². The van der Waals surface area contributed by atoms with Gasteiger partial charge in [0.25, 0.3) is 11.5 Å². The summed E-state index contributed by atoms with van der Waals surface area (Å²) in [5.74, 6) is 0.472. The molecule has 3 aromatic rings. The number of piperidine rings is 1. The van der Waals surface area contributed by atoms with Crippen molar-refractivity contribution in [3.8, 4) is 0 Å². The molecule has 3 heterocycles. The van der Waals surface area contributed by atoms with Crippen LogP contribution in [0.15, 0.2) is 47.5 Å². The summed E-state index contributed by atoms with van der Waals surface area (Å²) in [5.41, 5.74) is 3.62. The first-order valence-corrected chi connectivity index (χ1v) is 10.6. The van der Waals surface area contributed by atoms with Crippen LogP contribution in [-0.2, 0) is 13.6 Å². The molecule has 158 valence electrons. The van der Waals surface area contributed by atoms with Crippen LogP contribution in [0.2, 0.25) is 0 Å². The molecule has 1 fully saturated rings. The zero-order chi connectivity index (χ0) is 21.3. The highest BCUT2D eigenvalue weighted by atomic mass is 16.2. The third-order valence-corrected chi connectivity index (χ3v) is 6.20. The highest BCUT2D eigenvalue weighted by Crippen LogP contribution is 2.22. The van der Waals surface area contributed by atoms with E-state index >= 15 is 0 Å². The average Bonchev–Trinajstić information content (AvgIpc) is 3.22. The van der Waals surface area contributed by atoms with E-state index < -0.39 is 0 Å². The van der Waals surface area contributed by atoms with Crippen molar-refractivity contribution in [2.45, 2.75) is 26.3 Å². The molecule has 30 heavy (non-hydrogen) atoms. The van der Waals surface area contributed by atoms with Gasteiger partial charge in [0.15, 0.2) is 0 Å². The summed E-state index contributed by atoms with van der Waals surface area (Å²) in [7, 11) is 3.55. The zero-order valence-electron chi connectivity index (χ0n) is 18.0. The molecule has 1 aliphatic rings. The van der Waals surface area contributed by atoms with Crippen LogP contribution in [0.3, 0.4) is 0 Å². The molecule has 4 rings (SSSR count). The SMILES string of the molecule is Cc1cccc(CN2CCC(CN(C)C(=O)c3cn(C)c(=O)c4[nH]ccc34)CC2)c1. The summed E-state index contributed by atoms with van der Waals surface area (Å²) in [6, 6.07) is 10.5. The molecule has 1 aliphatic heterocycles. The zero-order valence-corrected chi connectivity index (χ0v) is 18.0. The van der Waals surface area contributed by atoms with Crippen molar-refractivity contribution in [1.82, 2.24) is 19.4 Å². The van der Waals surface area contributed by atoms with E-state index in [1.807, 2.05) is 18.0 Å². The molecule has 0 unspecified atom stereocenters. The second-order valence-corrected chi connectivity index (χ2v) is 8.62. The third kappa shape index (κ3) is 4.19. The number of carbonyl (C=O) groups is 1.